The van der Waals surface area contributed by atoms with Crippen LogP contribution < -0.4 is 0 Å². The molecular weight excluding hydrogens is 252 g/mol. The molecule has 4 saturated carbocycles. The van der Waals surface area contributed by atoms with Gasteiger partial charge in [-0.1, -0.05) is 51.4 Å². The van der Waals surface area contributed by atoms with E-state index in [0.29, 0.717) is 0 Å². The summed E-state index contributed by atoms with van der Waals surface area (Å²) in [5.41, 5.74) is 1.65. The molecule has 0 amide bonds. The van der Waals surface area contributed by atoms with E-state index < -0.39 is 0 Å². The minimum atomic E-state index is 0.821. The predicted molar refractivity (Wildman–Crippen MR) is 90.3 cm³/mol. The molecule has 0 radical (unpaired) electrons. The second-order valence-electron chi connectivity index (χ2n) is 9.34. The molecule has 0 aromatic carbocycles. The third kappa shape index (κ3) is 2.70. The maximum Gasteiger partial charge on any atom is -0.0267 e. The van der Waals surface area contributed by atoms with Crippen molar-refractivity contribution in [3.8, 4) is 0 Å². The van der Waals surface area contributed by atoms with E-state index in [0.717, 1.165) is 22.7 Å². The van der Waals surface area contributed by atoms with E-state index in [1.54, 1.807) is 96.3 Å². The van der Waals surface area contributed by atoms with Crippen molar-refractivity contribution in [3.63, 3.8) is 0 Å². The third-order valence-electron chi connectivity index (χ3n) is 8.30. The molecule has 2 spiro atoms. The summed E-state index contributed by atoms with van der Waals surface area (Å²) in [6, 6.07) is 0. The summed E-state index contributed by atoms with van der Waals surface area (Å²) < 4.78 is 0. The largest absolute Gasteiger partial charge is 0.0533 e. The highest BCUT2D eigenvalue weighted by Gasteiger charge is 2.49. The molecule has 4 aliphatic carbocycles. The molecule has 0 heterocycles. The number of hydrogen-bond acceptors (Lipinski definition) is 0. The highest BCUT2D eigenvalue weighted by molar-refractivity contribution is 5.00. The fraction of sp³-hybridized carbons (Fsp3) is 1.00. The van der Waals surface area contributed by atoms with Crippen molar-refractivity contribution in [2.24, 2.45) is 22.7 Å². The van der Waals surface area contributed by atoms with Crippen LogP contribution in [0, 0.1) is 22.7 Å². The van der Waals surface area contributed by atoms with Gasteiger partial charge in [-0.3, -0.25) is 0 Å². The van der Waals surface area contributed by atoms with Gasteiger partial charge in [0, 0.05) is 0 Å². The fourth-order valence-electron chi connectivity index (χ4n) is 7.30. The van der Waals surface area contributed by atoms with E-state index in [-0.39, 0.29) is 0 Å². The van der Waals surface area contributed by atoms with Gasteiger partial charge in [-0.05, 0) is 80.5 Å². The maximum atomic E-state index is 1.64. The van der Waals surface area contributed by atoms with Crippen LogP contribution in [-0.2, 0) is 0 Å². The van der Waals surface area contributed by atoms with Crippen LogP contribution in [0.1, 0.15) is 109 Å². The molecule has 4 aliphatic rings. The van der Waals surface area contributed by atoms with Crippen molar-refractivity contribution in [1.29, 1.82) is 0 Å². The molecule has 120 valence electrons. The Bertz CT molecular complexity index is 335. The first-order valence-corrected chi connectivity index (χ1v) is 10.3. The average Bonchev–Trinajstić information content (AvgIpc) is 2.92. The highest BCUT2D eigenvalue weighted by Crippen LogP contribution is 2.60. The first-order valence-electron chi connectivity index (χ1n) is 10.3. The number of rotatable bonds is 1. The van der Waals surface area contributed by atoms with Gasteiger partial charge in [0.2, 0.25) is 0 Å². The molecule has 21 heavy (non-hydrogen) atoms. The van der Waals surface area contributed by atoms with Crippen LogP contribution in [-0.4, -0.2) is 0 Å². The van der Waals surface area contributed by atoms with Gasteiger partial charge in [-0.2, -0.15) is 0 Å². The molecule has 4 rings (SSSR count). The summed E-state index contributed by atoms with van der Waals surface area (Å²) in [6.45, 7) is 0. The summed E-state index contributed by atoms with van der Waals surface area (Å²) in [6.07, 6.45) is 26.8. The van der Waals surface area contributed by atoms with E-state index >= 15 is 0 Å². The van der Waals surface area contributed by atoms with Gasteiger partial charge in [0.1, 0.15) is 0 Å². The average molecular weight is 289 g/mol. The van der Waals surface area contributed by atoms with Crippen LogP contribution in [0.5, 0.6) is 0 Å². The SMILES string of the molecule is C1CCC2(CC1)CCC(C1CCCCC13CCCCC3)C2. The molecule has 0 nitrogen and oxygen atoms in total. The summed E-state index contributed by atoms with van der Waals surface area (Å²) in [5, 5.41) is 0. The Labute approximate surface area is 132 Å². The molecule has 4 fully saturated rings. The zero-order chi connectivity index (χ0) is 14.2. The highest BCUT2D eigenvalue weighted by atomic mass is 14.5. The molecule has 0 saturated heterocycles. The zero-order valence-corrected chi connectivity index (χ0v) is 14.2. The lowest BCUT2D eigenvalue weighted by atomic mass is 9.55. The normalized spacial score (nSPS) is 38.9. The first-order chi connectivity index (χ1) is 10.3. The predicted octanol–water partition coefficient (Wildman–Crippen LogP) is 6.88. The first kappa shape index (κ1) is 14.6. The van der Waals surface area contributed by atoms with Crippen molar-refractivity contribution in [2.75, 3.05) is 0 Å². The molecule has 0 bridgehead atoms. The van der Waals surface area contributed by atoms with Crippen molar-refractivity contribution < 1.29 is 0 Å². The second-order valence-corrected chi connectivity index (χ2v) is 9.34. The van der Waals surface area contributed by atoms with Crippen LogP contribution in [0.4, 0.5) is 0 Å². The lowest BCUT2D eigenvalue weighted by Gasteiger charge is -2.50. The van der Waals surface area contributed by atoms with Crippen molar-refractivity contribution in [2.45, 2.75) is 109 Å². The Morgan fingerprint density at radius 2 is 1.14 bits per heavy atom. The Morgan fingerprint density at radius 1 is 0.524 bits per heavy atom. The second kappa shape index (κ2) is 5.89. The van der Waals surface area contributed by atoms with E-state index in [1.165, 1.54) is 12.8 Å². The Morgan fingerprint density at radius 3 is 1.86 bits per heavy atom. The van der Waals surface area contributed by atoms with Crippen molar-refractivity contribution >= 4 is 0 Å². The Kier molecular flexibility index (Phi) is 4.09. The summed E-state index contributed by atoms with van der Waals surface area (Å²) in [5.74, 6) is 2.26. The Balaban J connectivity index is 1.49. The zero-order valence-electron chi connectivity index (χ0n) is 14.2. The minimum Gasteiger partial charge on any atom is -0.0533 e. The molecule has 0 aromatic heterocycles. The monoisotopic (exact) mass is 288 g/mol. The molecule has 0 aromatic rings. The fourth-order valence-corrected chi connectivity index (χ4v) is 7.30. The van der Waals surface area contributed by atoms with Gasteiger partial charge in [0.25, 0.3) is 0 Å². The van der Waals surface area contributed by atoms with Crippen LogP contribution in [0.2, 0.25) is 0 Å². The quantitative estimate of drug-likeness (QED) is 0.493. The number of hydrogen-bond donors (Lipinski definition) is 0. The van der Waals surface area contributed by atoms with E-state index in [4.69, 9.17) is 0 Å². The smallest absolute Gasteiger partial charge is 0.0267 e. The molecular formula is C21H36. The van der Waals surface area contributed by atoms with Gasteiger partial charge in [0.05, 0.1) is 0 Å². The van der Waals surface area contributed by atoms with E-state index in [2.05, 4.69) is 0 Å². The summed E-state index contributed by atoms with van der Waals surface area (Å²) in [4.78, 5) is 0. The lowest BCUT2D eigenvalue weighted by Crippen LogP contribution is -2.39. The topological polar surface area (TPSA) is 0 Å². The van der Waals surface area contributed by atoms with E-state index in [1.807, 2.05) is 0 Å². The summed E-state index contributed by atoms with van der Waals surface area (Å²) in [7, 11) is 0. The van der Waals surface area contributed by atoms with Gasteiger partial charge in [-0.25, -0.2) is 0 Å². The van der Waals surface area contributed by atoms with Crippen LogP contribution in [0.25, 0.3) is 0 Å². The van der Waals surface area contributed by atoms with Crippen molar-refractivity contribution in [3.05, 3.63) is 0 Å². The molecule has 0 heteroatoms. The van der Waals surface area contributed by atoms with Gasteiger partial charge in [0.15, 0.2) is 0 Å². The lowest BCUT2D eigenvalue weighted by molar-refractivity contribution is 0.00673. The Hall–Kier alpha value is 0. The van der Waals surface area contributed by atoms with E-state index in [9.17, 15) is 0 Å². The van der Waals surface area contributed by atoms with Gasteiger partial charge < -0.3 is 0 Å². The van der Waals surface area contributed by atoms with Crippen molar-refractivity contribution in [1.82, 2.24) is 0 Å². The third-order valence-corrected chi connectivity index (χ3v) is 8.30. The van der Waals surface area contributed by atoms with Gasteiger partial charge in [-0.15, -0.1) is 0 Å². The minimum absolute atomic E-state index is 0.821. The standard InChI is InChI=1S/C21H36/c1-4-11-20(12-5-1)16-10-18(17-20)19-9-3-8-15-21(19)13-6-2-7-14-21/h18-19H,1-17H2. The van der Waals surface area contributed by atoms with Crippen LogP contribution in [0.15, 0.2) is 0 Å². The van der Waals surface area contributed by atoms with Gasteiger partial charge >= 0.3 is 0 Å². The molecule has 0 aliphatic heterocycles. The van der Waals surface area contributed by atoms with Crippen LogP contribution >= 0.6 is 0 Å². The molecule has 2 atom stereocenters. The molecule has 0 N–H and O–H groups in total. The molecule has 2 unspecified atom stereocenters. The van der Waals surface area contributed by atoms with Crippen LogP contribution in [0.3, 0.4) is 0 Å². The maximum absolute atomic E-state index is 1.64. The summed E-state index contributed by atoms with van der Waals surface area (Å²) >= 11 is 0.